The number of nitrogens with zero attached hydrogens (tertiary/aromatic N) is 1. The van der Waals surface area contributed by atoms with E-state index in [1.165, 1.54) is 0 Å². The fraction of sp³-hybridized carbons (Fsp3) is 0. The lowest BCUT2D eigenvalue weighted by atomic mass is 10.2. The van der Waals surface area contributed by atoms with Gasteiger partial charge in [-0.3, -0.25) is 14.3 Å². The van der Waals surface area contributed by atoms with Crippen molar-refractivity contribution in [1.29, 1.82) is 0 Å². The number of nitrogens with one attached hydrogen (secondary N) is 1. The molecule has 0 spiro atoms. The van der Waals surface area contributed by atoms with E-state index in [0.717, 1.165) is 6.07 Å². The second kappa shape index (κ2) is 5.00. The Labute approximate surface area is 117 Å². The quantitative estimate of drug-likeness (QED) is 0.801. The average Bonchev–Trinajstić information content (AvgIpc) is 2.34. The van der Waals surface area contributed by atoms with Crippen molar-refractivity contribution in [3.8, 4) is 5.69 Å². The van der Waals surface area contributed by atoms with Gasteiger partial charge in [-0.25, -0.2) is 18.4 Å². The molecule has 1 aromatic heterocycles. The summed E-state index contributed by atoms with van der Waals surface area (Å²) in [5.74, 6) is -3.56. The first-order chi connectivity index (χ1) is 9.31. The molecule has 2 N–H and O–H groups in total. The smallest absolute Gasteiger partial charge is 0.342 e. The van der Waals surface area contributed by atoms with E-state index in [2.05, 4.69) is 15.9 Å². The number of rotatable bonds is 2. The molecule has 2 rings (SSSR count). The van der Waals surface area contributed by atoms with Crippen LogP contribution in [0.3, 0.4) is 0 Å². The SMILES string of the molecule is O=C(O)c1cn(-c2cc(Br)c(F)cc2F)c(=O)[nH]c1=O. The summed E-state index contributed by atoms with van der Waals surface area (Å²) in [5.41, 5.74) is -3.30. The number of aromatic amines is 1. The fourth-order valence-electron chi connectivity index (χ4n) is 1.50. The lowest BCUT2D eigenvalue weighted by molar-refractivity contribution is 0.0694. The highest BCUT2D eigenvalue weighted by molar-refractivity contribution is 9.10. The van der Waals surface area contributed by atoms with Crippen LogP contribution in [0.2, 0.25) is 0 Å². The number of aromatic carboxylic acids is 1. The fourth-order valence-corrected chi connectivity index (χ4v) is 1.83. The van der Waals surface area contributed by atoms with Gasteiger partial charge in [-0.15, -0.1) is 0 Å². The molecule has 0 saturated heterocycles. The maximum Gasteiger partial charge on any atom is 0.342 e. The van der Waals surface area contributed by atoms with E-state index in [0.29, 0.717) is 16.8 Å². The second-order valence-electron chi connectivity index (χ2n) is 3.69. The summed E-state index contributed by atoms with van der Waals surface area (Å²) in [6, 6.07) is 1.48. The van der Waals surface area contributed by atoms with Crippen molar-refractivity contribution < 1.29 is 18.7 Å². The topological polar surface area (TPSA) is 92.2 Å². The first-order valence-electron chi connectivity index (χ1n) is 5.05. The van der Waals surface area contributed by atoms with Gasteiger partial charge in [-0.2, -0.15) is 0 Å². The molecule has 0 aliphatic rings. The third kappa shape index (κ3) is 2.39. The van der Waals surface area contributed by atoms with Crippen molar-refractivity contribution in [2.45, 2.75) is 0 Å². The number of benzene rings is 1. The Morgan fingerprint density at radius 1 is 1.25 bits per heavy atom. The largest absolute Gasteiger partial charge is 0.477 e. The number of H-pyrrole nitrogens is 1. The van der Waals surface area contributed by atoms with Crippen LogP contribution in [0.5, 0.6) is 0 Å². The normalized spacial score (nSPS) is 10.6. The van der Waals surface area contributed by atoms with Crippen molar-refractivity contribution >= 4 is 21.9 Å². The van der Waals surface area contributed by atoms with Crippen molar-refractivity contribution in [3.63, 3.8) is 0 Å². The van der Waals surface area contributed by atoms with Gasteiger partial charge in [-0.05, 0) is 22.0 Å². The van der Waals surface area contributed by atoms with E-state index in [-0.39, 0.29) is 4.47 Å². The molecule has 20 heavy (non-hydrogen) atoms. The molecule has 0 fully saturated rings. The van der Waals surface area contributed by atoms with Gasteiger partial charge in [0.15, 0.2) is 0 Å². The molecule has 1 heterocycles. The molecule has 104 valence electrons. The average molecular weight is 347 g/mol. The molecular weight excluding hydrogens is 342 g/mol. The first-order valence-corrected chi connectivity index (χ1v) is 5.84. The van der Waals surface area contributed by atoms with Crippen LogP contribution in [0.25, 0.3) is 5.69 Å². The minimum atomic E-state index is -1.58. The lowest BCUT2D eigenvalue weighted by Gasteiger charge is -2.08. The standard InChI is InChI=1S/C11H5BrF2N2O4/c12-5-1-8(7(14)2-6(5)13)16-3-4(10(18)19)9(17)15-11(16)20/h1-3H,(H,18,19)(H,15,17,20). The molecule has 0 saturated carbocycles. The number of carbonyl (C=O) groups is 1. The summed E-state index contributed by atoms with van der Waals surface area (Å²) in [7, 11) is 0. The van der Waals surface area contributed by atoms with Gasteiger partial charge in [0, 0.05) is 12.3 Å². The number of hydrogen-bond acceptors (Lipinski definition) is 3. The molecule has 0 bridgehead atoms. The zero-order valence-electron chi connectivity index (χ0n) is 9.49. The van der Waals surface area contributed by atoms with E-state index in [9.17, 15) is 23.2 Å². The summed E-state index contributed by atoms with van der Waals surface area (Å²) in [5, 5.41) is 8.80. The molecule has 2 aromatic rings. The van der Waals surface area contributed by atoms with Crippen molar-refractivity contribution in [2.75, 3.05) is 0 Å². The van der Waals surface area contributed by atoms with Crippen LogP contribution in [-0.2, 0) is 0 Å². The number of halogens is 3. The molecule has 0 amide bonds. The third-order valence-corrected chi connectivity index (χ3v) is 3.03. The Hall–Kier alpha value is -2.29. The van der Waals surface area contributed by atoms with Gasteiger partial charge in [0.05, 0.1) is 10.2 Å². The monoisotopic (exact) mass is 346 g/mol. The van der Waals surface area contributed by atoms with Crippen LogP contribution in [0.1, 0.15) is 10.4 Å². The van der Waals surface area contributed by atoms with Crippen LogP contribution in [0, 0.1) is 11.6 Å². The minimum absolute atomic E-state index is 0.121. The molecule has 6 nitrogen and oxygen atoms in total. The van der Waals surface area contributed by atoms with Crippen LogP contribution in [0.4, 0.5) is 8.78 Å². The van der Waals surface area contributed by atoms with E-state index in [4.69, 9.17) is 5.11 Å². The highest BCUT2D eigenvalue weighted by Gasteiger charge is 2.16. The maximum absolute atomic E-state index is 13.7. The van der Waals surface area contributed by atoms with Gasteiger partial charge in [-0.1, -0.05) is 0 Å². The lowest BCUT2D eigenvalue weighted by Crippen LogP contribution is -2.32. The summed E-state index contributed by atoms with van der Waals surface area (Å²) < 4.78 is 27.2. The Morgan fingerprint density at radius 2 is 1.90 bits per heavy atom. The number of hydrogen-bond donors (Lipinski definition) is 2. The van der Waals surface area contributed by atoms with Crippen molar-refractivity contribution in [3.05, 3.63) is 60.8 Å². The predicted octanol–water partition coefficient (Wildman–Crippen LogP) is 1.26. The Balaban J connectivity index is 2.80. The first kappa shape index (κ1) is 14.1. The van der Waals surface area contributed by atoms with Crippen LogP contribution in [-0.4, -0.2) is 20.6 Å². The van der Waals surface area contributed by atoms with E-state index in [1.54, 1.807) is 4.98 Å². The zero-order valence-corrected chi connectivity index (χ0v) is 11.1. The maximum atomic E-state index is 13.7. The molecule has 0 radical (unpaired) electrons. The summed E-state index contributed by atoms with van der Waals surface area (Å²) >= 11 is 2.82. The summed E-state index contributed by atoms with van der Waals surface area (Å²) in [4.78, 5) is 35.4. The van der Waals surface area contributed by atoms with Gasteiger partial charge in [0.2, 0.25) is 0 Å². The minimum Gasteiger partial charge on any atom is -0.477 e. The molecule has 0 aliphatic carbocycles. The molecule has 0 aliphatic heterocycles. The van der Waals surface area contributed by atoms with Crippen molar-refractivity contribution in [2.24, 2.45) is 0 Å². The number of carboxylic acid groups (broad SMARTS) is 1. The second-order valence-corrected chi connectivity index (χ2v) is 4.55. The molecule has 9 heteroatoms. The van der Waals surface area contributed by atoms with Gasteiger partial charge >= 0.3 is 11.7 Å². The molecule has 1 aromatic carbocycles. The highest BCUT2D eigenvalue weighted by Crippen LogP contribution is 2.21. The predicted molar refractivity (Wildman–Crippen MR) is 67.2 cm³/mol. The number of aromatic nitrogens is 2. The highest BCUT2D eigenvalue weighted by atomic mass is 79.9. The van der Waals surface area contributed by atoms with Gasteiger partial charge in [0.25, 0.3) is 5.56 Å². The summed E-state index contributed by atoms with van der Waals surface area (Å²) in [6.07, 6.45) is 0.673. The van der Waals surface area contributed by atoms with Crippen LogP contribution < -0.4 is 11.2 Å². The Bertz CT molecular complexity index is 828. The van der Waals surface area contributed by atoms with Gasteiger partial charge in [0.1, 0.15) is 17.2 Å². The molecular formula is C11H5BrF2N2O4. The van der Waals surface area contributed by atoms with E-state index in [1.807, 2.05) is 0 Å². The zero-order chi connectivity index (χ0) is 15.0. The third-order valence-electron chi connectivity index (χ3n) is 2.42. The summed E-state index contributed by atoms with van der Waals surface area (Å²) in [6.45, 7) is 0. The Morgan fingerprint density at radius 3 is 2.50 bits per heavy atom. The van der Waals surface area contributed by atoms with Crippen LogP contribution in [0.15, 0.2) is 32.4 Å². The van der Waals surface area contributed by atoms with Gasteiger partial charge < -0.3 is 5.11 Å². The van der Waals surface area contributed by atoms with E-state index < -0.39 is 40.1 Å². The van der Waals surface area contributed by atoms with Crippen molar-refractivity contribution in [1.82, 2.24) is 9.55 Å². The van der Waals surface area contributed by atoms with Crippen LogP contribution >= 0.6 is 15.9 Å². The number of carboxylic acids is 1. The molecule has 0 unspecified atom stereocenters. The van der Waals surface area contributed by atoms with E-state index >= 15 is 0 Å². The molecule has 0 atom stereocenters. The Kier molecular flexibility index (Phi) is 3.53.